The second-order valence-electron chi connectivity index (χ2n) is 8.68. The maximum absolute atomic E-state index is 14.6. The molecule has 5 rings (SSSR count). The Kier molecular flexibility index (Phi) is 4.97. The summed E-state index contributed by atoms with van der Waals surface area (Å²) in [5.41, 5.74) is 7.03. The van der Waals surface area contributed by atoms with Crippen molar-refractivity contribution in [3.05, 3.63) is 58.9 Å². The Balaban J connectivity index is 1.55. The number of carbonyl (C=O) groups is 1. The molecule has 10 heteroatoms. The monoisotopic (exact) mass is 464 g/mol. The van der Waals surface area contributed by atoms with Gasteiger partial charge >= 0.3 is 6.18 Å². The summed E-state index contributed by atoms with van der Waals surface area (Å²) in [6.45, 7) is 0.200. The number of rotatable bonds is 6. The molecule has 174 valence electrons. The highest BCUT2D eigenvalue weighted by Crippen LogP contribution is 2.58. The van der Waals surface area contributed by atoms with E-state index in [1.807, 2.05) is 0 Å². The van der Waals surface area contributed by atoms with Crippen molar-refractivity contribution in [2.45, 2.75) is 56.9 Å². The largest absolute Gasteiger partial charge is 0.389 e. The molecule has 0 atom stereocenters. The summed E-state index contributed by atoms with van der Waals surface area (Å²) in [6, 6.07) is 7.17. The number of halogens is 5. The molecule has 0 unspecified atom stereocenters. The van der Waals surface area contributed by atoms with Gasteiger partial charge in [-0.25, -0.2) is 13.8 Å². The summed E-state index contributed by atoms with van der Waals surface area (Å²) >= 11 is 0. The summed E-state index contributed by atoms with van der Waals surface area (Å²) in [7, 11) is 0. The highest BCUT2D eigenvalue weighted by molar-refractivity contribution is 6.10. The Morgan fingerprint density at radius 1 is 1.12 bits per heavy atom. The Hall–Kier alpha value is -3.01. The van der Waals surface area contributed by atoms with E-state index in [1.54, 1.807) is 22.8 Å². The average Bonchev–Trinajstić information content (AvgIpc) is 3.42. The van der Waals surface area contributed by atoms with Crippen LogP contribution in [-0.4, -0.2) is 21.6 Å². The molecule has 3 aromatic rings. The highest BCUT2D eigenvalue weighted by atomic mass is 19.4. The summed E-state index contributed by atoms with van der Waals surface area (Å²) < 4.78 is 68.5. The number of nitrogens with two attached hydrogens (primary N) is 1. The Morgan fingerprint density at radius 2 is 1.88 bits per heavy atom. The lowest BCUT2D eigenvalue weighted by Crippen LogP contribution is -2.32. The van der Waals surface area contributed by atoms with E-state index < -0.39 is 29.6 Å². The van der Waals surface area contributed by atoms with Gasteiger partial charge in [0.05, 0.1) is 28.7 Å². The van der Waals surface area contributed by atoms with E-state index in [0.29, 0.717) is 29.7 Å². The van der Waals surface area contributed by atoms with Crippen LogP contribution >= 0.6 is 0 Å². The fraction of sp³-hybridized carbons (Fsp3) is 0.391. The number of anilines is 1. The average molecular weight is 464 g/mol. The first-order valence-electron chi connectivity index (χ1n) is 10.7. The molecule has 1 fully saturated rings. The number of alkyl halides is 3. The van der Waals surface area contributed by atoms with Gasteiger partial charge in [-0.15, -0.1) is 0 Å². The van der Waals surface area contributed by atoms with Crippen LogP contribution in [0.3, 0.4) is 0 Å². The SMILES string of the molecule is NCc1ccc2c(c1)nc(CN1C(=O)C3(CC3)c3c(F)cc(F)cc31)n2CCCC(F)(F)F. The number of carbonyl (C=O) groups excluding carboxylic acids is 1. The van der Waals surface area contributed by atoms with E-state index in [-0.39, 0.29) is 43.2 Å². The minimum Gasteiger partial charge on any atom is -0.326 e. The van der Waals surface area contributed by atoms with Crippen molar-refractivity contribution in [3.63, 3.8) is 0 Å². The lowest BCUT2D eigenvalue weighted by atomic mass is 9.97. The van der Waals surface area contributed by atoms with Crippen molar-refractivity contribution in [2.75, 3.05) is 4.90 Å². The van der Waals surface area contributed by atoms with Gasteiger partial charge in [0, 0.05) is 31.1 Å². The van der Waals surface area contributed by atoms with Crippen molar-refractivity contribution >= 4 is 22.6 Å². The maximum Gasteiger partial charge on any atom is 0.389 e. The molecule has 1 aliphatic carbocycles. The molecule has 0 bridgehead atoms. The molecule has 2 aliphatic rings. The molecule has 1 aliphatic heterocycles. The zero-order valence-electron chi connectivity index (χ0n) is 17.6. The van der Waals surface area contributed by atoms with E-state index in [0.717, 1.165) is 17.7 Å². The lowest BCUT2D eigenvalue weighted by Gasteiger charge is -2.19. The number of hydrogen-bond donors (Lipinski definition) is 1. The predicted octanol–water partition coefficient (Wildman–Crippen LogP) is 4.69. The van der Waals surface area contributed by atoms with Crippen LogP contribution in [0.2, 0.25) is 0 Å². The van der Waals surface area contributed by atoms with Gasteiger partial charge in [-0.2, -0.15) is 13.2 Å². The lowest BCUT2D eigenvalue weighted by molar-refractivity contribution is -0.135. The first-order chi connectivity index (χ1) is 15.6. The molecule has 5 nitrogen and oxygen atoms in total. The van der Waals surface area contributed by atoms with Crippen LogP contribution in [0.5, 0.6) is 0 Å². The molecular weight excluding hydrogens is 443 g/mol. The van der Waals surface area contributed by atoms with Crippen molar-refractivity contribution in [2.24, 2.45) is 5.73 Å². The number of amides is 1. The van der Waals surface area contributed by atoms with Crippen molar-refractivity contribution in [3.8, 4) is 0 Å². The second-order valence-corrected chi connectivity index (χ2v) is 8.68. The number of benzene rings is 2. The van der Waals surface area contributed by atoms with Gasteiger partial charge in [0.1, 0.15) is 17.5 Å². The van der Waals surface area contributed by atoms with Crippen LogP contribution < -0.4 is 10.6 Å². The van der Waals surface area contributed by atoms with E-state index in [1.165, 1.54) is 4.90 Å². The highest BCUT2D eigenvalue weighted by Gasteiger charge is 2.60. The van der Waals surface area contributed by atoms with E-state index in [2.05, 4.69) is 4.98 Å². The van der Waals surface area contributed by atoms with Crippen molar-refractivity contribution < 1.29 is 26.7 Å². The van der Waals surface area contributed by atoms with Gasteiger partial charge in [0.25, 0.3) is 0 Å². The van der Waals surface area contributed by atoms with Crippen LogP contribution in [0.4, 0.5) is 27.6 Å². The fourth-order valence-corrected chi connectivity index (χ4v) is 4.77. The Labute approximate surface area is 186 Å². The molecule has 2 N–H and O–H groups in total. The number of imidazole rings is 1. The fourth-order valence-electron chi connectivity index (χ4n) is 4.77. The van der Waals surface area contributed by atoms with Crippen molar-refractivity contribution in [1.29, 1.82) is 0 Å². The number of nitrogens with zero attached hydrogens (tertiary/aromatic N) is 3. The predicted molar refractivity (Wildman–Crippen MR) is 111 cm³/mol. The number of fused-ring (bicyclic) bond motifs is 3. The molecule has 1 aromatic heterocycles. The van der Waals surface area contributed by atoms with Gasteiger partial charge in [-0.1, -0.05) is 6.07 Å². The Bertz CT molecular complexity index is 1260. The van der Waals surface area contributed by atoms with E-state index >= 15 is 0 Å². The van der Waals surface area contributed by atoms with E-state index in [9.17, 15) is 26.7 Å². The minimum absolute atomic E-state index is 0.0326. The minimum atomic E-state index is -4.29. The summed E-state index contributed by atoms with van der Waals surface area (Å²) in [6.07, 6.45) is -4.48. The zero-order chi connectivity index (χ0) is 23.5. The van der Waals surface area contributed by atoms with Crippen molar-refractivity contribution in [1.82, 2.24) is 9.55 Å². The summed E-state index contributed by atoms with van der Waals surface area (Å²) in [4.78, 5) is 19.1. The smallest absolute Gasteiger partial charge is 0.326 e. The van der Waals surface area contributed by atoms with Gasteiger partial charge in [0.15, 0.2) is 0 Å². The van der Waals surface area contributed by atoms with Crippen LogP contribution in [0.25, 0.3) is 11.0 Å². The molecule has 1 spiro atoms. The van der Waals surface area contributed by atoms with Crippen LogP contribution in [0.1, 0.15) is 42.6 Å². The molecule has 0 radical (unpaired) electrons. The van der Waals surface area contributed by atoms with Gasteiger partial charge in [-0.05, 0) is 43.0 Å². The summed E-state index contributed by atoms with van der Waals surface area (Å²) in [5, 5.41) is 0. The second kappa shape index (κ2) is 7.51. The molecule has 1 amide bonds. The molecule has 1 saturated carbocycles. The third-order valence-electron chi connectivity index (χ3n) is 6.48. The summed E-state index contributed by atoms with van der Waals surface area (Å²) in [5.74, 6) is -1.54. The van der Waals surface area contributed by atoms with Crippen LogP contribution in [0, 0.1) is 11.6 Å². The normalized spacial score (nSPS) is 16.8. The molecule has 0 saturated heterocycles. The first-order valence-corrected chi connectivity index (χ1v) is 10.7. The topological polar surface area (TPSA) is 64.2 Å². The van der Waals surface area contributed by atoms with Crippen LogP contribution in [0.15, 0.2) is 30.3 Å². The van der Waals surface area contributed by atoms with E-state index in [4.69, 9.17) is 5.73 Å². The molecule has 2 heterocycles. The van der Waals surface area contributed by atoms with Gasteiger partial charge in [-0.3, -0.25) is 4.79 Å². The number of aryl methyl sites for hydroxylation is 1. The maximum atomic E-state index is 14.6. The number of hydrogen-bond acceptors (Lipinski definition) is 3. The third-order valence-corrected chi connectivity index (χ3v) is 6.48. The molecule has 33 heavy (non-hydrogen) atoms. The molecule has 2 aromatic carbocycles. The quantitative estimate of drug-likeness (QED) is 0.539. The van der Waals surface area contributed by atoms with Gasteiger partial charge in [0.2, 0.25) is 5.91 Å². The number of aromatic nitrogens is 2. The standard InChI is InChI=1S/C23H21F5N4O/c24-14-9-15(25)20-18(10-14)32(21(33)22(20)5-6-22)12-19-30-16-8-13(11-29)2-3-17(16)31(19)7-1-4-23(26,27)28/h2-3,8-10H,1,4-7,11-12,29H2. The van der Waals surface area contributed by atoms with Crippen LogP contribution in [-0.2, 0) is 29.8 Å². The van der Waals surface area contributed by atoms with Gasteiger partial charge < -0.3 is 15.2 Å². The zero-order valence-corrected chi connectivity index (χ0v) is 17.6. The Morgan fingerprint density at radius 3 is 2.55 bits per heavy atom. The molecular formula is C23H21F5N4O. The first kappa shape index (κ1) is 21.8. The third kappa shape index (κ3) is 3.66.